The summed E-state index contributed by atoms with van der Waals surface area (Å²) < 4.78 is 1.60. The summed E-state index contributed by atoms with van der Waals surface area (Å²) in [6, 6.07) is 9.26. The Bertz CT molecular complexity index is 787. The van der Waals surface area contributed by atoms with E-state index in [0.717, 1.165) is 11.3 Å². The average Bonchev–Trinajstić information content (AvgIpc) is 2.77. The second-order valence-corrected chi connectivity index (χ2v) is 4.96. The van der Waals surface area contributed by atoms with E-state index < -0.39 is 0 Å². The van der Waals surface area contributed by atoms with Crippen LogP contribution in [0.2, 0.25) is 5.02 Å². The quantitative estimate of drug-likeness (QED) is 0.780. The van der Waals surface area contributed by atoms with Gasteiger partial charge in [0.15, 0.2) is 0 Å². The Kier molecular flexibility index (Phi) is 2.87. The SMILES string of the molecule is Cc1cc2c(=O)n(Cc3ccc(Cl)cc3)cnc2[nH]1. The summed E-state index contributed by atoms with van der Waals surface area (Å²) in [5, 5.41) is 1.31. The average molecular weight is 274 g/mol. The van der Waals surface area contributed by atoms with Gasteiger partial charge in [0, 0.05) is 10.7 Å². The first kappa shape index (κ1) is 12.0. The minimum Gasteiger partial charge on any atom is -0.343 e. The molecule has 2 aromatic heterocycles. The molecule has 1 aromatic carbocycles. The van der Waals surface area contributed by atoms with E-state index in [1.807, 2.05) is 37.3 Å². The van der Waals surface area contributed by atoms with Crippen molar-refractivity contribution in [1.82, 2.24) is 14.5 Å². The van der Waals surface area contributed by atoms with Gasteiger partial charge in [-0.1, -0.05) is 23.7 Å². The third-order valence-electron chi connectivity index (χ3n) is 3.02. The predicted octanol–water partition coefficient (Wildman–Crippen LogP) is 2.73. The van der Waals surface area contributed by atoms with Crippen molar-refractivity contribution in [2.75, 3.05) is 0 Å². The number of aromatic nitrogens is 3. The third-order valence-corrected chi connectivity index (χ3v) is 3.27. The highest BCUT2D eigenvalue weighted by atomic mass is 35.5. The number of hydrogen-bond donors (Lipinski definition) is 1. The zero-order valence-corrected chi connectivity index (χ0v) is 11.1. The molecule has 0 amide bonds. The Balaban J connectivity index is 2.03. The van der Waals surface area contributed by atoms with Crippen LogP contribution in [0.15, 0.2) is 41.5 Å². The number of nitrogens with zero attached hydrogens (tertiary/aromatic N) is 2. The number of halogens is 1. The van der Waals surface area contributed by atoms with E-state index in [4.69, 9.17) is 11.6 Å². The van der Waals surface area contributed by atoms with E-state index in [1.165, 1.54) is 0 Å². The molecule has 0 atom stereocenters. The van der Waals surface area contributed by atoms with Crippen molar-refractivity contribution in [3.8, 4) is 0 Å². The zero-order chi connectivity index (χ0) is 13.4. The van der Waals surface area contributed by atoms with Gasteiger partial charge in [-0.25, -0.2) is 4.98 Å². The van der Waals surface area contributed by atoms with Crippen LogP contribution in [0.1, 0.15) is 11.3 Å². The Morgan fingerprint density at radius 3 is 2.79 bits per heavy atom. The van der Waals surface area contributed by atoms with E-state index in [1.54, 1.807) is 10.9 Å². The molecular weight excluding hydrogens is 262 g/mol. The molecule has 0 spiro atoms. The van der Waals surface area contributed by atoms with Crippen molar-refractivity contribution in [3.05, 3.63) is 63.3 Å². The number of nitrogens with one attached hydrogen (secondary N) is 1. The van der Waals surface area contributed by atoms with Gasteiger partial charge in [0.1, 0.15) is 12.0 Å². The molecule has 0 aliphatic rings. The molecular formula is C14H12ClN3O. The van der Waals surface area contributed by atoms with Crippen LogP contribution in [0.25, 0.3) is 11.0 Å². The van der Waals surface area contributed by atoms with Gasteiger partial charge in [-0.15, -0.1) is 0 Å². The molecule has 19 heavy (non-hydrogen) atoms. The molecule has 0 saturated carbocycles. The minimum atomic E-state index is -0.0377. The molecule has 2 heterocycles. The first-order valence-corrected chi connectivity index (χ1v) is 6.30. The summed E-state index contributed by atoms with van der Waals surface area (Å²) in [7, 11) is 0. The lowest BCUT2D eigenvalue weighted by molar-refractivity contribution is 0.748. The lowest BCUT2D eigenvalue weighted by atomic mass is 10.2. The zero-order valence-electron chi connectivity index (χ0n) is 10.4. The van der Waals surface area contributed by atoms with E-state index in [9.17, 15) is 4.79 Å². The van der Waals surface area contributed by atoms with Crippen molar-refractivity contribution < 1.29 is 0 Å². The fourth-order valence-electron chi connectivity index (χ4n) is 2.07. The van der Waals surface area contributed by atoms with Gasteiger partial charge in [0.2, 0.25) is 0 Å². The summed E-state index contributed by atoms with van der Waals surface area (Å²) in [6.45, 7) is 2.40. The first-order chi connectivity index (χ1) is 9.13. The van der Waals surface area contributed by atoms with Crippen molar-refractivity contribution >= 4 is 22.6 Å². The molecule has 0 unspecified atom stereocenters. The van der Waals surface area contributed by atoms with Crippen LogP contribution in [-0.4, -0.2) is 14.5 Å². The minimum absolute atomic E-state index is 0.0377. The number of benzene rings is 1. The highest BCUT2D eigenvalue weighted by molar-refractivity contribution is 6.30. The summed E-state index contributed by atoms with van der Waals surface area (Å²) in [6.07, 6.45) is 1.56. The lowest BCUT2D eigenvalue weighted by Crippen LogP contribution is -2.20. The number of aryl methyl sites for hydroxylation is 1. The molecule has 0 aliphatic heterocycles. The van der Waals surface area contributed by atoms with Crippen molar-refractivity contribution in [2.45, 2.75) is 13.5 Å². The van der Waals surface area contributed by atoms with Crippen LogP contribution in [0, 0.1) is 6.92 Å². The van der Waals surface area contributed by atoms with E-state index >= 15 is 0 Å². The molecule has 0 fully saturated rings. The molecule has 0 aliphatic carbocycles. The standard InChI is InChI=1S/C14H12ClN3O/c1-9-6-12-13(17-9)16-8-18(14(12)19)7-10-2-4-11(15)5-3-10/h2-6,8,17H,7H2,1H3. The fraction of sp³-hybridized carbons (Fsp3) is 0.143. The van der Waals surface area contributed by atoms with Crippen LogP contribution < -0.4 is 5.56 Å². The van der Waals surface area contributed by atoms with E-state index in [2.05, 4.69) is 9.97 Å². The van der Waals surface area contributed by atoms with Crippen LogP contribution in [0.4, 0.5) is 0 Å². The van der Waals surface area contributed by atoms with Gasteiger partial charge in [0.05, 0.1) is 11.9 Å². The molecule has 1 N–H and O–H groups in total. The molecule has 4 nitrogen and oxygen atoms in total. The molecule has 0 saturated heterocycles. The first-order valence-electron chi connectivity index (χ1n) is 5.93. The fourth-order valence-corrected chi connectivity index (χ4v) is 2.20. The molecule has 96 valence electrons. The second-order valence-electron chi connectivity index (χ2n) is 4.52. The highest BCUT2D eigenvalue weighted by Gasteiger charge is 2.06. The number of fused-ring (bicyclic) bond motifs is 1. The smallest absolute Gasteiger partial charge is 0.263 e. The van der Waals surface area contributed by atoms with Crippen molar-refractivity contribution in [1.29, 1.82) is 0 Å². The second kappa shape index (κ2) is 4.55. The van der Waals surface area contributed by atoms with Gasteiger partial charge in [-0.05, 0) is 30.7 Å². The van der Waals surface area contributed by atoms with Crippen LogP contribution in [0.5, 0.6) is 0 Å². The van der Waals surface area contributed by atoms with Crippen molar-refractivity contribution in [3.63, 3.8) is 0 Å². The maximum absolute atomic E-state index is 12.3. The van der Waals surface area contributed by atoms with Gasteiger partial charge >= 0.3 is 0 Å². The Morgan fingerprint density at radius 1 is 1.32 bits per heavy atom. The molecule has 0 bridgehead atoms. The van der Waals surface area contributed by atoms with Crippen LogP contribution in [-0.2, 0) is 6.54 Å². The number of hydrogen-bond acceptors (Lipinski definition) is 2. The largest absolute Gasteiger partial charge is 0.343 e. The number of H-pyrrole nitrogens is 1. The highest BCUT2D eigenvalue weighted by Crippen LogP contribution is 2.11. The molecule has 0 radical (unpaired) electrons. The normalized spacial score (nSPS) is 11.1. The summed E-state index contributed by atoms with van der Waals surface area (Å²) in [5.74, 6) is 0. The monoisotopic (exact) mass is 273 g/mol. The predicted molar refractivity (Wildman–Crippen MR) is 75.6 cm³/mol. The third kappa shape index (κ3) is 2.27. The Hall–Kier alpha value is -2.07. The molecule has 3 aromatic rings. The summed E-state index contributed by atoms with van der Waals surface area (Å²) in [4.78, 5) is 19.6. The maximum Gasteiger partial charge on any atom is 0.263 e. The Morgan fingerprint density at radius 2 is 2.05 bits per heavy atom. The lowest BCUT2D eigenvalue weighted by Gasteiger charge is -2.05. The molecule has 5 heteroatoms. The van der Waals surface area contributed by atoms with Crippen LogP contribution >= 0.6 is 11.6 Å². The van der Waals surface area contributed by atoms with E-state index in [-0.39, 0.29) is 5.56 Å². The van der Waals surface area contributed by atoms with E-state index in [0.29, 0.717) is 22.6 Å². The number of aromatic amines is 1. The van der Waals surface area contributed by atoms with Crippen molar-refractivity contribution in [2.24, 2.45) is 0 Å². The van der Waals surface area contributed by atoms with Gasteiger partial charge in [0.25, 0.3) is 5.56 Å². The van der Waals surface area contributed by atoms with Gasteiger partial charge in [-0.3, -0.25) is 9.36 Å². The summed E-state index contributed by atoms with van der Waals surface area (Å²) >= 11 is 5.84. The topological polar surface area (TPSA) is 50.7 Å². The Labute approximate surface area is 114 Å². The summed E-state index contributed by atoms with van der Waals surface area (Å²) in [5.41, 5.74) is 2.54. The van der Waals surface area contributed by atoms with Gasteiger partial charge in [-0.2, -0.15) is 0 Å². The van der Waals surface area contributed by atoms with Gasteiger partial charge < -0.3 is 4.98 Å². The van der Waals surface area contributed by atoms with Crippen LogP contribution in [0.3, 0.4) is 0 Å². The number of rotatable bonds is 2. The maximum atomic E-state index is 12.3. The molecule has 3 rings (SSSR count).